The zero-order valence-electron chi connectivity index (χ0n) is 7.52. The van der Waals surface area contributed by atoms with Crippen LogP contribution in [-0.2, 0) is 9.59 Å². The molecule has 1 unspecified atom stereocenters. The highest BCUT2D eigenvalue weighted by Gasteiger charge is 2.38. The summed E-state index contributed by atoms with van der Waals surface area (Å²) in [5.74, 6) is -3.55. The van der Waals surface area contributed by atoms with Crippen LogP contribution in [0.15, 0.2) is 0 Å². The van der Waals surface area contributed by atoms with Crippen LogP contribution in [0, 0.1) is 5.92 Å². The summed E-state index contributed by atoms with van der Waals surface area (Å²) in [7, 11) is 0. The molecule has 82 valence electrons. The summed E-state index contributed by atoms with van der Waals surface area (Å²) in [5, 5.41) is 1.59. The fraction of sp³-hybridized carbons (Fsp3) is 0.714. The smallest absolute Gasteiger partial charge is 0.369 e. The second-order valence-electron chi connectivity index (χ2n) is 2.72. The highest BCUT2D eigenvalue weighted by molar-refractivity contribution is 5.83. The van der Waals surface area contributed by atoms with Crippen molar-refractivity contribution in [1.82, 2.24) is 5.32 Å². The number of hydrogen-bond acceptors (Lipinski definition) is 2. The average Bonchev–Trinajstić information content (AvgIpc) is 2.02. The Bertz CT molecular complexity index is 227. The van der Waals surface area contributed by atoms with Gasteiger partial charge in [-0.1, -0.05) is 6.92 Å². The Hall–Kier alpha value is -1.27. The van der Waals surface area contributed by atoms with Crippen LogP contribution in [0.3, 0.4) is 0 Å². The maximum Gasteiger partial charge on any atom is 0.471 e. The highest BCUT2D eigenvalue weighted by atomic mass is 19.4. The molecule has 1 atom stereocenters. The molecule has 0 aliphatic carbocycles. The maximum atomic E-state index is 11.7. The van der Waals surface area contributed by atoms with Gasteiger partial charge in [-0.25, -0.2) is 0 Å². The van der Waals surface area contributed by atoms with Gasteiger partial charge in [-0.2, -0.15) is 13.2 Å². The van der Waals surface area contributed by atoms with Gasteiger partial charge in [-0.15, -0.1) is 0 Å². The van der Waals surface area contributed by atoms with Gasteiger partial charge in [0.2, 0.25) is 5.91 Å². The lowest BCUT2D eigenvalue weighted by atomic mass is 10.1. The van der Waals surface area contributed by atoms with Gasteiger partial charge in [0.1, 0.15) is 0 Å². The number of nitrogens with two attached hydrogens (primary N) is 1. The van der Waals surface area contributed by atoms with Crippen LogP contribution in [0.25, 0.3) is 0 Å². The fourth-order valence-electron chi connectivity index (χ4n) is 0.762. The van der Waals surface area contributed by atoms with Crippen molar-refractivity contribution in [2.45, 2.75) is 19.5 Å². The molecule has 0 aliphatic rings. The Balaban J connectivity index is 4.05. The van der Waals surface area contributed by atoms with Crippen molar-refractivity contribution in [3.8, 4) is 0 Å². The lowest BCUT2D eigenvalue weighted by Crippen LogP contribution is -2.42. The number of hydrogen-bond donors (Lipinski definition) is 2. The third-order valence-corrected chi connectivity index (χ3v) is 1.66. The molecular weight excluding hydrogens is 201 g/mol. The Labute approximate surface area is 78.6 Å². The Morgan fingerprint density at radius 2 is 1.93 bits per heavy atom. The molecular formula is C7H11F3N2O2. The number of amides is 2. The SMILES string of the molecule is CCC(CNC(=O)C(F)(F)F)C(N)=O. The van der Waals surface area contributed by atoms with Gasteiger partial charge in [-0.05, 0) is 6.42 Å². The van der Waals surface area contributed by atoms with E-state index in [0.29, 0.717) is 0 Å². The standard InChI is InChI=1S/C7H11F3N2O2/c1-2-4(5(11)13)3-12-6(14)7(8,9)10/h4H,2-3H2,1H3,(H2,11,13)(H,12,14). The van der Waals surface area contributed by atoms with Crippen LogP contribution < -0.4 is 11.1 Å². The molecule has 0 saturated carbocycles. The fourth-order valence-corrected chi connectivity index (χ4v) is 0.762. The largest absolute Gasteiger partial charge is 0.471 e. The Kier molecular flexibility index (Phi) is 4.39. The normalized spacial score (nSPS) is 13.4. The van der Waals surface area contributed by atoms with Gasteiger partial charge in [-0.3, -0.25) is 9.59 Å². The maximum absolute atomic E-state index is 11.7. The van der Waals surface area contributed by atoms with E-state index < -0.39 is 23.9 Å². The summed E-state index contributed by atoms with van der Waals surface area (Å²) in [6.07, 6.45) is -4.64. The van der Waals surface area contributed by atoms with Gasteiger partial charge in [0.05, 0.1) is 5.92 Å². The molecule has 4 nitrogen and oxygen atoms in total. The van der Waals surface area contributed by atoms with Crippen molar-refractivity contribution in [2.75, 3.05) is 6.54 Å². The number of halogens is 3. The summed E-state index contributed by atoms with van der Waals surface area (Å²) in [6.45, 7) is 1.21. The first kappa shape index (κ1) is 12.7. The van der Waals surface area contributed by atoms with Crippen LogP contribution in [0.2, 0.25) is 0 Å². The second-order valence-corrected chi connectivity index (χ2v) is 2.72. The van der Waals surface area contributed by atoms with Crippen LogP contribution in [0.1, 0.15) is 13.3 Å². The molecule has 14 heavy (non-hydrogen) atoms. The Morgan fingerprint density at radius 3 is 2.21 bits per heavy atom. The molecule has 7 heteroatoms. The number of alkyl halides is 3. The highest BCUT2D eigenvalue weighted by Crippen LogP contribution is 2.14. The Morgan fingerprint density at radius 1 is 1.43 bits per heavy atom. The first-order chi connectivity index (χ1) is 6.29. The minimum atomic E-state index is -4.92. The predicted molar refractivity (Wildman–Crippen MR) is 42.0 cm³/mol. The molecule has 0 saturated heterocycles. The summed E-state index contributed by atoms with van der Waals surface area (Å²) in [4.78, 5) is 20.9. The number of carbonyl (C=O) groups is 2. The quantitative estimate of drug-likeness (QED) is 0.697. The number of carbonyl (C=O) groups excluding carboxylic acids is 2. The molecule has 0 aromatic rings. The van der Waals surface area contributed by atoms with Crippen molar-refractivity contribution in [1.29, 1.82) is 0 Å². The van der Waals surface area contributed by atoms with Gasteiger partial charge >= 0.3 is 12.1 Å². The van der Waals surface area contributed by atoms with E-state index in [0.717, 1.165) is 0 Å². The lowest BCUT2D eigenvalue weighted by molar-refractivity contribution is -0.173. The summed E-state index contributed by atoms with van der Waals surface area (Å²) >= 11 is 0. The number of nitrogens with one attached hydrogen (secondary N) is 1. The topological polar surface area (TPSA) is 72.2 Å². The second kappa shape index (κ2) is 4.83. The number of rotatable bonds is 4. The molecule has 0 rings (SSSR count). The summed E-state index contributed by atoms with van der Waals surface area (Å²) in [5.41, 5.74) is 4.87. The van der Waals surface area contributed by atoms with Crippen LogP contribution in [0.5, 0.6) is 0 Å². The third-order valence-electron chi connectivity index (χ3n) is 1.66. The zero-order valence-corrected chi connectivity index (χ0v) is 7.52. The molecule has 0 aromatic heterocycles. The summed E-state index contributed by atoms with van der Waals surface area (Å²) in [6, 6.07) is 0. The minimum absolute atomic E-state index is 0.285. The van der Waals surface area contributed by atoms with Crippen molar-refractivity contribution < 1.29 is 22.8 Å². The monoisotopic (exact) mass is 212 g/mol. The molecule has 0 bridgehead atoms. The summed E-state index contributed by atoms with van der Waals surface area (Å²) < 4.78 is 35.0. The van der Waals surface area contributed by atoms with Gasteiger partial charge in [0, 0.05) is 6.54 Å². The predicted octanol–water partition coefficient (Wildman–Crippen LogP) is 0.176. The molecule has 0 radical (unpaired) electrons. The molecule has 0 spiro atoms. The van der Waals surface area contributed by atoms with Crippen molar-refractivity contribution in [3.05, 3.63) is 0 Å². The van der Waals surface area contributed by atoms with E-state index in [1.54, 1.807) is 12.2 Å². The molecule has 2 amide bonds. The van der Waals surface area contributed by atoms with E-state index in [4.69, 9.17) is 5.73 Å². The van der Waals surface area contributed by atoms with E-state index in [1.807, 2.05) is 0 Å². The zero-order chi connectivity index (χ0) is 11.4. The molecule has 0 heterocycles. The number of primary amides is 1. The van der Waals surface area contributed by atoms with Gasteiger partial charge < -0.3 is 11.1 Å². The van der Waals surface area contributed by atoms with Gasteiger partial charge in [0.15, 0.2) is 0 Å². The van der Waals surface area contributed by atoms with E-state index in [-0.39, 0.29) is 13.0 Å². The minimum Gasteiger partial charge on any atom is -0.369 e. The van der Waals surface area contributed by atoms with Gasteiger partial charge in [0.25, 0.3) is 0 Å². The van der Waals surface area contributed by atoms with Crippen LogP contribution >= 0.6 is 0 Å². The van der Waals surface area contributed by atoms with E-state index in [9.17, 15) is 22.8 Å². The van der Waals surface area contributed by atoms with Crippen LogP contribution in [-0.4, -0.2) is 24.5 Å². The third kappa shape index (κ3) is 4.11. The van der Waals surface area contributed by atoms with E-state index in [2.05, 4.69) is 0 Å². The van der Waals surface area contributed by atoms with Crippen molar-refractivity contribution in [2.24, 2.45) is 11.7 Å². The van der Waals surface area contributed by atoms with E-state index >= 15 is 0 Å². The van der Waals surface area contributed by atoms with Crippen molar-refractivity contribution in [3.63, 3.8) is 0 Å². The van der Waals surface area contributed by atoms with Crippen molar-refractivity contribution >= 4 is 11.8 Å². The molecule has 0 fully saturated rings. The molecule has 3 N–H and O–H groups in total. The first-order valence-corrected chi connectivity index (χ1v) is 3.93. The first-order valence-electron chi connectivity index (χ1n) is 3.93. The van der Waals surface area contributed by atoms with E-state index in [1.165, 1.54) is 0 Å². The molecule has 0 aromatic carbocycles. The lowest BCUT2D eigenvalue weighted by Gasteiger charge is -2.12. The molecule has 0 aliphatic heterocycles. The van der Waals surface area contributed by atoms with Crippen LogP contribution in [0.4, 0.5) is 13.2 Å². The average molecular weight is 212 g/mol.